The Labute approximate surface area is 111 Å². The SMILES string of the molecule is CCC(C)Oc1cccc(NC2CCCC2C)c1. The van der Waals surface area contributed by atoms with E-state index in [0.717, 1.165) is 18.1 Å². The molecule has 1 aliphatic rings. The molecule has 2 heteroatoms. The zero-order chi connectivity index (χ0) is 13.0. The van der Waals surface area contributed by atoms with Gasteiger partial charge in [0.05, 0.1) is 6.10 Å². The molecule has 2 rings (SSSR count). The third-order valence-electron chi connectivity index (χ3n) is 3.96. The van der Waals surface area contributed by atoms with Crippen LogP contribution in [0.5, 0.6) is 5.75 Å². The third-order valence-corrected chi connectivity index (χ3v) is 3.96. The lowest BCUT2D eigenvalue weighted by atomic mass is 10.1. The zero-order valence-electron chi connectivity index (χ0n) is 11.8. The fraction of sp³-hybridized carbons (Fsp3) is 0.625. The highest BCUT2D eigenvalue weighted by Crippen LogP contribution is 2.29. The maximum absolute atomic E-state index is 5.86. The Morgan fingerprint density at radius 2 is 2.22 bits per heavy atom. The van der Waals surface area contributed by atoms with Crippen LogP contribution < -0.4 is 10.1 Å². The first-order valence-corrected chi connectivity index (χ1v) is 7.22. The first-order chi connectivity index (χ1) is 8.69. The van der Waals surface area contributed by atoms with Crippen LogP contribution in [0.3, 0.4) is 0 Å². The second-order valence-electron chi connectivity index (χ2n) is 5.52. The minimum atomic E-state index is 0.283. The molecule has 1 N–H and O–H groups in total. The summed E-state index contributed by atoms with van der Waals surface area (Å²) >= 11 is 0. The van der Waals surface area contributed by atoms with Crippen molar-refractivity contribution in [1.29, 1.82) is 0 Å². The van der Waals surface area contributed by atoms with Gasteiger partial charge in [-0.3, -0.25) is 0 Å². The van der Waals surface area contributed by atoms with E-state index in [1.165, 1.54) is 24.9 Å². The van der Waals surface area contributed by atoms with Gasteiger partial charge in [0.1, 0.15) is 5.75 Å². The Balaban J connectivity index is 1.98. The van der Waals surface area contributed by atoms with E-state index < -0.39 is 0 Å². The molecule has 1 aromatic carbocycles. The molecule has 0 aromatic heterocycles. The van der Waals surface area contributed by atoms with Crippen molar-refractivity contribution in [2.45, 2.75) is 58.6 Å². The molecule has 1 fully saturated rings. The quantitative estimate of drug-likeness (QED) is 0.829. The molecule has 0 heterocycles. The molecular weight excluding hydrogens is 222 g/mol. The Bertz CT molecular complexity index is 377. The van der Waals surface area contributed by atoms with Crippen molar-refractivity contribution in [2.24, 2.45) is 5.92 Å². The summed E-state index contributed by atoms with van der Waals surface area (Å²) in [6, 6.07) is 8.99. The van der Waals surface area contributed by atoms with Crippen molar-refractivity contribution in [3.05, 3.63) is 24.3 Å². The predicted molar refractivity (Wildman–Crippen MR) is 77.2 cm³/mol. The van der Waals surface area contributed by atoms with Crippen LogP contribution in [0.2, 0.25) is 0 Å². The van der Waals surface area contributed by atoms with Gasteiger partial charge in [0.2, 0.25) is 0 Å². The fourth-order valence-electron chi connectivity index (χ4n) is 2.55. The molecule has 0 spiro atoms. The van der Waals surface area contributed by atoms with Crippen molar-refractivity contribution < 1.29 is 4.74 Å². The van der Waals surface area contributed by atoms with Crippen LogP contribution in [-0.4, -0.2) is 12.1 Å². The summed E-state index contributed by atoms with van der Waals surface area (Å²) in [6.07, 6.45) is 5.31. The summed E-state index contributed by atoms with van der Waals surface area (Å²) in [4.78, 5) is 0. The highest BCUT2D eigenvalue weighted by molar-refractivity contribution is 5.49. The smallest absolute Gasteiger partial charge is 0.121 e. The van der Waals surface area contributed by atoms with Gasteiger partial charge < -0.3 is 10.1 Å². The normalized spacial score (nSPS) is 24.8. The van der Waals surface area contributed by atoms with Crippen LogP contribution in [0.4, 0.5) is 5.69 Å². The highest BCUT2D eigenvalue weighted by Gasteiger charge is 2.22. The Morgan fingerprint density at radius 1 is 1.39 bits per heavy atom. The minimum absolute atomic E-state index is 0.283. The molecular formula is C16H25NO. The van der Waals surface area contributed by atoms with Gasteiger partial charge in [-0.2, -0.15) is 0 Å². The lowest BCUT2D eigenvalue weighted by Crippen LogP contribution is -2.21. The lowest BCUT2D eigenvalue weighted by Gasteiger charge is -2.20. The number of hydrogen-bond acceptors (Lipinski definition) is 2. The molecule has 1 saturated carbocycles. The fourth-order valence-corrected chi connectivity index (χ4v) is 2.55. The molecule has 0 aliphatic heterocycles. The predicted octanol–water partition coefficient (Wildman–Crippen LogP) is 4.46. The Kier molecular flexibility index (Phi) is 4.51. The molecule has 1 aliphatic carbocycles. The summed E-state index contributed by atoms with van der Waals surface area (Å²) in [7, 11) is 0. The van der Waals surface area contributed by atoms with E-state index >= 15 is 0 Å². The summed E-state index contributed by atoms with van der Waals surface area (Å²) in [6.45, 7) is 6.59. The van der Waals surface area contributed by atoms with Crippen LogP contribution in [0, 0.1) is 5.92 Å². The Morgan fingerprint density at radius 3 is 2.89 bits per heavy atom. The molecule has 0 saturated heterocycles. The van der Waals surface area contributed by atoms with E-state index in [-0.39, 0.29) is 6.10 Å². The van der Waals surface area contributed by atoms with Crippen molar-refractivity contribution in [3.8, 4) is 5.75 Å². The van der Waals surface area contributed by atoms with Crippen LogP contribution in [0.15, 0.2) is 24.3 Å². The minimum Gasteiger partial charge on any atom is -0.491 e. The van der Waals surface area contributed by atoms with Crippen LogP contribution >= 0.6 is 0 Å². The second kappa shape index (κ2) is 6.12. The zero-order valence-corrected chi connectivity index (χ0v) is 11.8. The molecule has 1 aromatic rings. The maximum Gasteiger partial charge on any atom is 0.121 e. The number of hydrogen-bond donors (Lipinski definition) is 1. The van der Waals surface area contributed by atoms with Crippen molar-refractivity contribution in [2.75, 3.05) is 5.32 Å². The average molecular weight is 247 g/mol. The number of rotatable bonds is 5. The maximum atomic E-state index is 5.86. The van der Waals surface area contributed by atoms with E-state index in [1.807, 2.05) is 6.07 Å². The molecule has 3 unspecified atom stereocenters. The van der Waals surface area contributed by atoms with Gasteiger partial charge in [0.25, 0.3) is 0 Å². The molecule has 100 valence electrons. The standard InChI is InChI=1S/C16H25NO/c1-4-13(3)18-15-9-6-8-14(11-15)17-16-10-5-7-12(16)2/h6,8-9,11-13,16-17H,4-5,7,10H2,1-3H3. The summed E-state index contributed by atoms with van der Waals surface area (Å²) < 4.78 is 5.86. The summed E-state index contributed by atoms with van der Waals surface area (Å²) in [5.41, 5.74) is 1.19. The number of ether oxygens (including phenoxy) is 1. The van der Waals surface area contributed by atoms with E-state index in [0.29, 0.717) is 6.04 Å². The number of benzene rings is 1. The monoisotopic (exact) mass is 247 g/mol. The van der Waals surface area contributed by atoms with E-state index in [4.69, 9.17) is 4.74 Å². The molecule has 3 atom stereocenters. The topological polar surface area (TPSA) is 21.3 Å². The van der Waals surface area contributed by atoms with Gasteiger partial charge in [0, 0.05) is 17.8 Å². The largest absolute Gasteiger partial charge is 0.491 e. The van der Waals surface area contributed by atoms with Crippen molar-refractivity contribution >= 4 is 5.69 Å². The van der Waals surface area contributed by atoms with Crippen LogP contribution in [0.1, 0.15) is 46.5 Å². The van der Waals surface area contributed by atoms with Crippen molar-refractivity contribution in [3.63, 3.8) is 0 Å². The van der Waals surface area contributed by atoms with Crippen LogP contribution in [-0.2, 0) is 0 Å². The van der Waals surface area contributed by atoms with Gasteiger partial charge in [-0.05, 0) is 44.2 Å². The second-order valence-corrected chi connectivity index (χ2v) is 5.52. The van der Waals surface area contributed by atoms with Crippen LogP contribution in [0.25, 0.3) is 0 Å². The molecule has 0 radical (unpaired) electrons. The molecule has 18 heavy (non-hydrogen) atoms. The highest BCUT2D eigenvalue weighted by atomic mass is 16.5. The lowest BCUT2D eigenvalue weighted by molar-refractivity contribution is 0.217. The molecule has 0 amide bonds. The van der Waals surface area contributed by atoms with Gasteiger partial charge in [0.15, 0.2) is 0 Å². The molecule has 2 nitrogen and oxygen atoms in total. The number of anilines is 1. The van der Waals surface area contributed by atoms with Gasteiger partial charge in [-0.1, -0.05) is 26.3 Å². The third kappa shape index (κ3) is 3.41. The van der Waals surface area contributed by atoms with Gasteiger partial charge in [-0.25, -0.2) is 0 Å². The van der Waals surface area contributed by atoms with Gasteiger partial charge in [-0.15, -0.1) is 0 Å². The van der Waals surface area contributed by atoms with E-state index in [1.54, 1.807) is 0 Å². The average Bonchev–Trinajstić information content (AvgIpc) is 2.75. The number of nitrogens with one attached hydrogen (secondary N) is 1. The molecule has 0 bridgehead atoms. The van der Waals surface area contributed by atoms with Gasteiger partial charge >= 0.3 is 0 Å². The Hall–Kier alpha value is -1.18. The van der Waals surface area contributed by atoms with E-state index in [2.05, 4.69) is 44.3 Å². The first kappa shape index (κ1) is 13.3. The van der Waals surface area contributed by atoms with E-state index in [9.17, 15) is 0 Å². The first-order valence-electron chi connectivity index (χ1n) is 7.22. The van der Waals surface area contributed by atoms with Crippen molar-refractivity contribution in [1.82, 2.24) is 0 Å². The summed E-state index contributed by atoms with van der Waals surface area (Å²) in [5, 5.41) is 3.64. The summed E-state index contributed by atoms with van der Waals surface area (Å²) in [5.74, 6) is 1.75.